The van der Waals surface area contributed by atoms with Crippen LogP contribution in [0.25, 0.3) is 11.3 Å². The summed E-state index contributed by atoms with van der Waals surface area (Å²) in [7, 11) is 0. The van der Waals surface area contributed by atoms with Gasteiger partial charge in [-0.15, -0.1) is 11.3 Å². The first-order valence-electron chi connectivity index (χ1n) is 10.1. The molecular formula is C24H18N4O4S. The third kappa shape index (κ3) is 4.26. The molecule has 0 spiro atoms. The van der Waals surface area contributed by atoms with Gasteiger partial charge in [0.1, 0.15) is 0 Å². The summed E-state index contributed by atoms with van der Waals surface area (Å²) >= 11 is 1.31. The van der Waals surface area contributed by atoms with Crippen molar-refractivity contribution in [3.63, 3.8) is 0 Å². The summed E-state index contributed by atoms with van der Waals surface area (Å²) in [5, 5.41) is 10.7. The molecule has 2 aromatic carbocycles. The number of carbonyl (C=O) groups excluding carboxylic acids is 3. The molecular weight excluding hydrogens is 440 g/mol. The van der Waals surface area contributed by atoms with Crippen molar-refractivity contribution < 1.29 is 18.8 Å². The van der Waals surface area contributed by atoms with Crippen molar-refractivity contribution in [3.8, 4) is 11.3 Å². The van der Waals surface area contributed by atoms with Gasteiger partial charge < -0.3 is 15.1 Å². The highest BCUT2D eigenvalue weighted by Crippen LogP contribution is 2.31. The molecule has 164 valence electrons. The Balaban J connectivity index is 1.30. The zero-order valence-corrected chi connectivity index (χ0v) is 18.3. The second-order valence-electron chi connectivity index (χ2n) is 7.55. The molecule has 0 saturated carbocycles. The van der Waals surface area contributed by atoms with E-state index in [1.54, 1.807) is 30.3 Å². The molecule has 0 saturated heterocycles. The van der Waals surface area contributed by atoms with Gasteiger partial charge in [-0.05, 0) is 54.4 Å². The summed E-state index contributed by atoms with van der Waals surface area (Å²) in [5.41, 5.74) is 5.06. The Hall–Kier alpha value is -4.24. The van der Waals surface area contributed by atoms with Gasteiger partial charge in [0.15, 0.2) is 10.9 Å². The third-order valence-electron chi connectivity index (χ3n) is 5.24. The number of nitrogens with zero attached hydrogens (tertiary/aromatic N) is 1. The van der Waals surface area contributed by atoms with Crippen LogP contribution in [0.1, 0.15) is 32.0 Å². The lowest BCUT2D eigenvalue weighted by molar-refractivity contribution is -0.115. The Bertz CT molecular complexity index is 1390. The minimum absolute atomic E-state index is 0.0220. The van der Waals surface area contributed by atoms with Gasteiger partial charge in [0, 0.05) is 27.9 Å². The number of benzene rings is 2. The molecule has 5 rings (SSSR count). The van der Waals surface area contributed by atoms with Crippen molar-refractivity contribution in [2.45, 2.75) is 13.3 Å². The maximum atomic E-state index is 12.8. The van der Waals surface area contributed by atoms with Gasteiger partial charge in [-0.2, -0.15) is 0 Å². The number of anilines is 3. The van der Waals surface area contributed by atoms with E-state index in [1.165, 1.54) is 17.6 Å². The summed E-state index contributed by atoms with van der Waals surface area (Å²) in [6, 6.07) is 13.9. The predicted octanol–water partition coefficient (Wildman–Crippen LogP) is 4.71. The molecule has 8 nitrogen and oxygen atoms in total. The zero-order valence-electron chi connectivity index (χ0n) is 17.5. The minimum atomic E-state index is -0.392. The number of aryl methyl sites for hydroxylation is 1. The standard InChI is InChI=1S/C24H18N4O4S/c1-13-4-5-15(10-18(13)26-23(31)20-3-2-8-32-20)22(30)28-24-27-19(12-33-24)14-6-7-17-16(9-14)11-21(29)25-17/h2-10,12H,11H2,1H3,(H,25,29)(H,26,31)(H,27,28,30). The maximum Gasteiger partial charge on any atom is 0.291 e. The normalized spacial score (nSPS) is 12.2. The number of fused-ring (bicyclic) bond motifs is 1. The molecule has 0 fully saturated rings. The number of hydrogen-bond acceptors (Lipinski definition) is 6. The molecule has 4 aromatic rings. The fourth-order valence-corrected chi connectivity index (χ4v) is 4.23. The number of nitrogens with one attached hydrogen (secondary N) is 3. The van der Waals surface area contributed by atoms with Crippen molar-refractivity contribution in [1.82, 2.24) is 4.98 Å². The summed E-state index contributed by atoms with van der Waals surface area (Å²) in [4.78, 5) is 41.2. The smallest absolute Gasteiger partial charge is 0.291 e. The zero-order chi connectivity index (χ0) is 22.9. The van der Waals surface area contributed by atoms with Gasteiger partial charge in [0.2, 0.25) is 5.91 Å². The van der Waals surface area contributed by atoms with Crippen LogP contribution in [0.3, 0.4) is 0 Å². The number of aromatic nitrogens is 1. The Morgan fingerprint density at radius 1 is 1.09 bits per heavy atom. The van der Waals surface area contributed by atoms with Crippen molar-refractivity contribution in [2.75, 3.05) is 16.0 Å². The van der Waals surface area contributed by atoms with E-state index in [9.17, 15) is 14.4 Å². The molecule has 2 aromatic heterocycles. The summed E-state index contributed by atoms with van der Waals surface area (Å²) in [5.74, 6) is -0.568. The van der Waals surface area contributed by atoms with Crippen LogP contribution in [-0.2, 0) is 11.2 Å². The summed E-state index contributed by atoms with van der Waals surface area (Å²) in [6.45, 7) is 1.84. The fraction of sp³-hybridized carbons (Fsp3) is 0.0833. The van der Waals surface area contributed by atoms with Gasteiger partial charge >= 0.3 is 0 Å². The van der Waals surface area contributed by atoms with Crippen LogP contribution in [0.4, 0.5) is 16.5 Å². The highest BCUT2D eigenvalue weighted by molar-refractivity contribution is 7.14. The molecule has 0 unspecified atom stereocenters. The number of furan rings is 1. The van der Waals surface area contributed by atoms with Crippen LogP contribution in [0.5, 0.6) is 0 Å². The first-order chi connectivity index (χ1) is 16.0. The van der Waals surface area contributed by atoms with Crippen LogP contribution >= 0.6 is 11.3 Å². The second kappa shape index (κ2) is 8.36. The number of hydrogen-bond donors (Lipinski definition) is 3. The van der Waals surface area contributed by atoms with Gasteiger partial charge in [-0.1, -0.05) is 12.1 Å². The van der Waals surface area contributed by atoms with Crippen molar-refractivity contribution in [1.29, 1.82) is 0 Å². The van der Waals surface area contributed by atoms with E-state index in [4.69, 9.17) is 4.42 Å². The molecule has 3 amide bonds. The average Bonchev–Trinajstić information content (AvgIpc) is 3.55. The SMILES string of the molecule is Cc1ccc(C(=O)Nc2nc(-c3ccc4c(c3)CC(=O)N4)cs2)cc1NC(=O)c1ccco1. The molecule has 1 aliphatic rings. The number of amides is 3. The molecule has 0 bridgehead atoms. The van der Waals surface area contributed by atoms with Crippen LogP contribution in [-0.4, -0.2) is 22.7 Å². The molecule has 0 aliphatic carbocycles. The van der Waals surface area contributed by atoms with E-state index in [-0.39, 0.29) is 17.6 Å². The molecule has 9 heteroatoms. The lowest BCUT2D eigenvalue weighted by atomic mass is 10.1. The van der Waals surface area contributed by atoms with Crippen LogP contribution < -0.4 is 16.0 Å². The first kappa shape index (κ1) is 20.7. The van der Waals surface area contributed by atoms with Gasteiger partial charge in [-0.3, -0.25) is 19.7 Å². The lowest BCUT2D eigenvalue weighted by Crippen LogP contribution is -2.15. The average molecular weight is 458 g/mol. The largest absolute Gasteiger partial charge is 0.459 e. The maximum absolute atomic E-state index is 12.8. The van der Waals surface area contributed by atoms with E-state index in [0.29, 0.717) is 28.5 Å². The lowest BCUT2D eigenvalue weighted by Gasteiger charge is -2.09. The van der Waals surface area contributed by atoms with Crippen molar-refractivity contribution in [2.24, 2.45) is 0 Å². The van der Waals surface area contributed by atoms with Crippen molar-refractivity contribution in [3.05, 3.63) is 82.6 Å². The number of thiazole rings is 1. The van der Waals surface area contributed by atoms with E-state index < -0.39 is 5.91 Å². The number of rotatable bonds is 5. The molecule has 3 N–H and O–H groups in total. The molecule has 0 atom stereocenters. The van der Waals surface area contributed by atoms with E-state index >= 15 is 0 Å². The van der Waals surface area contributed by atoms with E-state index in [0.717, 1.165) is 22.4 Å². The predicted molar refractivity (Wildman–Crippen MR) is 126 cm³/mol. The Morgan fingerprint density at radius 2 is 1.97 bits per heavy atom. The highest BCUT2D eigenvalue weighted by atomic mass is 32.1. The second-order valence-corrected chi connectivity index (χ2v) is 8.41. The Kier molecular flexibility index (Phi) is 5.23. The Labute approximate surface area is 192 Å². The fourth-order valence-electron chi connectivity index (χ4n) is 3.51. The molecule has 33 heavy (non-hydrogen) atoms. The molecule has 0 radical (unpaired) electrons. The molecule has 3 heterocycles. The van der Waals surface area contributed by atoms with Gasteiger partial charge in [0.25, 0.3) is 11.8 Å². The third-order valence-corrected chi connectivity index (χ3v) is 6.00. The quantitative estimate of drug-likeness (QED) is 0.401. The van der Waals surface area contributed by atoms with Crippen molar-refractivity contribution >= 4 is 45.6 Å². The first-order valence-corrected chi connectivity index (χ1v) is 11.0. The monoisotopic (exact) mass is 458 g/mol. The van der Waals surface area contributed by atoms with Crippen LogP contribution in [0.2, 0.25) is 0 Å². The highest BCUT2D eigenvalue weighted by Gasteiger charge is 2.19. The van der Waals surface area contributed by atoms with E-state index in [1.807, 2.05) is 30.5 Å². The van der Waals surface area contributed by atoms with Gasteiger partial charge in [0.05, 0.1) is 18.4 Å². The minimum Gasteiger partial charge on any atom is -0.459 e. The van der Waals surface area contributed by atoms with Crippen LogP contribution in [0.15, 0.2) is 64.6 Å². The summed E-state index contributed by atoms with van der Waals surface area (Å²) in [6.07, 6.45) is 1.77. The van der Waals surface area contributed by atoms with Crippen LogP contribution in [0, 0.1) is 6.92 Å². The van der Waals surface area contributed by atoms with E-state index in [2.05, 4.69) is 20.9 Å². The molecule has 1 aliphatic heterocycles. The summed E-state index contributed by atoms with van der Waals surface area (Å²) < 4.78 is 5.11. The number of carbonyl (C=O) groups is 3. The van der Waals surface area contributed by atoms with Gasteiger partial charge in [-0.25, -0.2) is 4.98 Å². The Morgan fingerprint density at radius 3 is 2.79 bits per heavy atom. The topological polar surface area (TPSA) is 113 Å².